The first-order valence-electron chi connectivity index (χ1n) is 4.02. The number of benzene rings is 1. The third-order valence-corrected chi connectivity index (χ3v) is 2.16. The minimum Gasteiger partial charge on any atom is -0.494 e. The molecule has 0 aliphatic carbocycles. The number of ether oxygens (including phenoxy) is 2. The molecule has 1 N–H and O–H groups in total. The van der Waals surface area contributed by atoms with E-state index in [1.807, 2.05) is 0 Å². The first kappa shape index (κ1) is 9.15. The maximum Gasteiger partial charge on any atom is 0.201 e. The molecule has 0 spiro atoms. The Bertz CT molecular complexity index is 426. The molecule has 4 nitrogen and oxygen atoms in total. The van der Waals surface area contributed by atoms with Gasteiger partial charge in [0.05, 0.1) is 14.2 Å². The van der Waals surface area contributed by atoms with Gasteiger partial charge in [0.2, 0.25) is 5.28 Å². The van der Waals surface area contributed by atoms with Gasteiger partial charge in [0.15, 0.2) is 0 Å². The Kier molecular flexibility index (Phi) is 2.21. The zero-order chi connectivity index (χ0) is 10.1. The van der Waals surface area contributed by atoms with Crippen LogP contribution in [0.1, 0.15) is 0 Å². The van der Waals surface area contributed by atoms with Crippen LogP contribution in [0, 0.1) is 0 Å². The average Bonchev–Trinajstić information content (AvgIpc) is 2.57. The lowest BCUT2D eigenvalue weighted by atomic mass is 10.2. The number of methoxy groups -OCH3 is 2. The van der Waals surface area contributed by atoms with E-state index in [1.165, 1.54) is 0 Å². The highest BCUT2D eigenvalue weighted by Crippen LogP contribution is 2.31. The summed E-state index contributed by atoms with van der Waals surface area (Å²) in [5, 5.41) is 0.322. The Morgan fingerprint density at radius 1 is 1.21 bits per heavy atom. The normalized spacial score (nSPS) is 10.5. The largest absolute Gasteiger partial charge is 0.494 e. The number of aromatic nitrogens is 2. The number of fused-ring (bicyclic) bond motifs is 1. The number of aromatic amines is 1. The molecule has 0 saturated heterocycles. The summed E-state index contributed by atoms with van der Waals surface area (Å²) in [6.07, 6.45) is 0. The van der Waals surface area contributed by atoms with E-state index >= 15 is 0 Å². The van der Waals surface area contributed by atoms with Gasteiger partial charge in [-0.1, -0.05) is 0 Å². The van der Waals surface area contributed by atoms with Crippen LogP contribution in [0.4, 0.5) is 0 Å². The van der Waals surface area contributed by atoms with Crippen molar-refractivity contribution in [3.63, 3.8) is 0 Å². The first-order valence-corrected chi connectivity index (χ1v) is 4.40. The molecule has 0 amide bonds. The fraction of sp³-hybridized carbons (Fsp3) is 0.222. The van der Waals surface area contributed by atoms with Crippen molar-refractivity contribution in [2.45, 2.75) is 0 Å². The standard InChI is InChI=1S/C9H9ClN2O2/c1-13-5-3-4-6(14-2)8-7(5)11-9(10)12-8/h3-4H,1-2H3,(H,11,12). The van der Waals surface area contributed by atoms with E-state index in [4.69, 9.17) is 21.1 Å². The van der Waals surface area contributed by atoms with Crippen molar-refractivity contribution in [3.05, 3.63) is 17.4 Å². The number of imidazole rings is 1. The Balaban J connectivity index is 2.77. The topological polar surface area (TPSA) is 47.1 Å². The van der Waals surface area contributed by atoms with Crippen molar-refractivity contribution in [2.24, 2.45) is 0 Å². The summed E-state index contributed by atoms with van der Waals surface area (Å²) < 4.78 is 10.3. The second-order valence-corrected chi connectivity index (χ2v) is 3.08. The van der Waals surface area contributed by atoms with Crippen LogP contribution in [-0.2, 0) is 0 Å². The quantitative estimate of drug-likeness (QED) is 0.831. The lowest BCUT2D eigenvalue weighted by Gasteiger charge is -2.03. The van der Waals surface area contributed by atoms with Crippen LogP contribution in [0.3, 0.4) is 0 Å². The lowest BCUT2D eigenvalue weighted by molar-refractivity contribution is 0.409. The third kappa shape index (κ3) is 1.28. The number of nitrogens with one attached hydrogen (secondary N) is 1. The van der Waals surface area contributed by atoms with Crippen LogP contribution in [0.2, 0.25) is 5.28 Å². The molecule has 0 unspecified atom stereocenters. The van der Waals surface area contributed by atoms with E-state index < -0.39 is 0 Å². The summed E-state index contributed by atoms with van der Waals surface area (Å²) in [6.45, 7) is 0. The number of nitrogens with zero attached hydrogens (tertiary/aromatic N) is 1. The van der Waals surface area contributed by atoms with Gasteiger partial charge in [0, 0.05) is 0 Å². The molecule has 1 aromatic heterocycles. The minimum atomic E-state index is 0.322. The highest BCUT2D eigenvalue weighted by atomic mass is 35.5. The highest BCUT2D eigenvalue weighted by Gasteiger charge is 2.11. The SMILES string of the molecule is COc1ccc(OC)c2[nH]c(Cl)nc12. The molecule has 0 aliphatic rings. The van der Waals surface area contributed by atoms with Gasteiger partial charge >= 0.3 is 0 Å². The van der Waals surface area contributed by atoms with Crippen molar-refractivity contribution >= 4 is 22.6 Å². The maximum absolute atomic E-state index is 5.76. The Labute approximate surface area is 85.8 Å². The second-order valence-electron chi connectivity index (χ2n) is 2.72. The molecule has 0 saturated carbocycles. The van der Waals surface area contributed by atoms with Crippen LogP contribution in [0.15, 0.2) is 12.1 Å². The Hall–Kier alpha value is -1.42. The number of hydrogen-bond acceptors (Lipinski definition) is 3. The smallest absolute Gasteiger partial charge is 0.201 e. The highest BCUT2D eigenvalue weighted by molar-refractivity contribution is 6.29. The van der Waals surface area contributed by atoms with Crippen LogP contribution in [0.5, 0.6) is 11.5 Å². The van der Waals surface area contributed by atoms with E-state index in [0.29, 0.717) is 22.3 Å². The zero-order valence-corrected chi connectivity index (χ0v) is 8.55. The molecular formula is C9H9ClN2O2. The predicted molar refractivity (Wildman–Crippen MR) is 54.2 cm³/mol. The number of rotatable bonds is 2. The second kappa shape index (κ2) is 3.38. The first-order chi connectivity index (χ1) is 6.76. The number of halogens is 1. The summed E-state index contributed by atoms with van der Waals surface area (Å²) in [5.41, 5.74) is 1.42. The van der Waals surface area contributed by atoms with Crippen molar-refractivity contribution in [1.29, 1.82) is 0 Å². The molecule has 0 atom stereocenters. The molecule has 14 heavy (non-hydrogen) atoms. The van der Waals surface area contributed by atoms with Gasteiger partial charge < -0.3 is 14.5 Å². The van der Waals surface area contributed by atoms with Gasteiger partial charge in [-0.25, -0.2) is 4.98 Å². The zero-order valence-electron chi connectivity index (χ0n) is 7.80. The summed E-state index contributed by atoms with van der Waals surface area (Å²) in [6, 6.07) is 3.59. The molecule has 74 valence electrons. The molecular weight excluding hydrogens is 204 g/mol. The molecule has 1 heterocycles. The van der Waals surface area contributed by atoms with Crippen molar-refractivity contribution in [1.82, 2.24) is 9.97 Å². The summed E-state index contributed by atoms with van der Waals surface area (Å²) >= 11 is 5.76. The van der Waals surface area contributed by atoms with Gasteiger partial charge in [-0.2, -0.15) is 0 Å². The van der Waals surface area contributed by atoms with Gasteiger partial charge in [0.1, 0.15) is 22.5 Å². The van der Waals surface area contributed by atoms with E-state index in [0.717, 1.165) is 5.52 Å². The van der Waals surface area contributed by atoms with Crippen LogP contribution < -0.4 is 9.47 Å². The van der Waals surface area contributed by atoms with Gasteiger partial charge in [0.25, 0.3) is 0 Å². The fourth-order valence-electron chi connectivity index (χ4n) is 1.35. The van der Waals surface area contributed by atoms with E-state index in [1.54, 1.807) is 26.4 Å². The molecule has 0 radical (unpaired) electrons. The number of H-pyrrole nitrogens is 1. The molecule has 0 bridgehead atoms. The molecule has 1 aromatic carbocycles. The summed E-state index contributed by atoms with van der Waals surface area (Å²) in [4.78, 5) is 7.00. The molecule has 2 rings (SSSR count). The molecule has 5 heteroatoms. The van der Waals surface area contributed by atoms with Crippen molar-refractivity contribution in [2.75, 3.05) is 14.2 Å². The van der Waals surface area contributed by atoms with Crippen LogP contribution in [0.25, 0.3) is 11.0 Å². The minimum absolute atomic E-state index is 0.322. The molecule has 0 fully saturated rings. The third-order valence-electron chi connectivity index (χ3n) is 1.98. The Morgan fingerprint density at radius 3 is 2.50 bits per heavy atom. The van der Waals surface area contributed by atoms with Crippen molar-refractivity contribution in [3.8, 4) is 11.5 Å². The summed E-state index contributed by atoms with van der Waals surface area (Å²) in [7, 11) is 3.18. The molecule has 2 aromatic rings. The average molecular weight is 213 g/mol. The summed E-state index contributed by atoms with van der Waals surface area (Å²) in [5.74, 6) is 1.36. The van der Waals surface area contributed by atoms with Gasteiger partial charge in [-0.3, -0.25) is 0 Å². The van der Waals surface area contributed by atoms with Crippen molar-refractivity contribution < 1.29 is 9.47 Å². The predicted octanol–water partition coefficient (Wildman–Crippen LogP) is 2.23. The molecule has 0 aliphatic heterocycles. The van der Waals surface area contributed by atoms with Gasteiger partial charge in [-0.05, 0) is 23.7 Å². The van der Waals surface area contributed by atoms with E-state index in [9.17, 15) is 0 Å². The van der Waals surface area contributed by atoms with E-state index in [2.05, 4.69) is 9.97 Å². The number of hydrogen-bond donors (Lipinski definition) is 1. The Morgan fingerprint density at radius 2 is 1.86 bits per heavy atom. The maximum atomic E-state index is 5.76. The van der Waals surface area contributed by atoms with Crippen LogP contribution >= 0.6 is 11.6 Å². The van der Waals surface area contributed by atoms with Gasteiger partial charge in [-0.15, -0.1) is 0 Å². The lowest BCUT2D eigenvalue weighted by Crippen LogP contribution is -1.88. The van der Waals surface area contributed by atoms with Crippen LogP contribution in [-0.4, -0.2) is 24.2 Å². The fourth-order valence-corrected chi connectivity index (χ4v) is 1.53. The monoisotopic (exact) mass is 212 g/mol. The van der Waals surface area contributed by atoms with E-state index in [-0.39, 0.29) is 0 Å².